The molecule has 0 amide bonds. The summed E-state index contributed by atoms with van der Waals surface area (Å²) in [7, 11) is 3.11. The SMILES string of the molecule is COc1cc(F)ccc1NCCOc1ccccc1OC. The van der Waals surface area contributed by atoms with Crippen LogP contribution in [-0.2, 0) is 0 Å². The van der Waals surface area contributed by atoms with Gasteiger partial charge in [0.05, 0.1) is 19.9 Å². The predicted octanol–water partition coefficient (Wildman–Crippen LogP) is 3.33. The van der Waals surface area contributed by atoms with Crippen molar-refractivity contribution in [3.05, 3.63) is 48.3 Å². The van der Waals surface area contributed by atoms with Crippen LogP contribution in [0.15, 0.2) is 42.5 Å². The highest BCUT2D eigenvalue weighted by atomic mass is 19.1. The largest absolute Gasteiger partial charge is 0.494 e. The Hall–Kier alpha value is -2.43. The van der Waals surface area contributed by atoms with Gasteiger partial charge in [-0.25, -0.2) is 4.39 Å². The molecular formula is C16H18FNO3. The first kappa shape index (κ1) is 15.0. The predicted molar refractivity (Wildman–Crippen MR) is 79.9 cm³/mol. The lowest BCUT2D eigenvalue weighted by Crippen LogP contribution is -2.12. The van der Waals surface area contributed by atoms with Crippen LogP contribution in [-0.4, -0.2) is 27.4 Å². The van der Waals surface area contributed by atoms with Gasteiger partial charge in [-0.15, -0.1) is 0 Å². The monoisotopic (exact) mass is 291 g/mol. The van der Waals surface area contributed by atoms with Crippen LogP contribution in [0.4, 0.5) is 10.1 Å². The van der Waals surface area contributed by atoms with Gasteiger partial charge in [-0.05, 0) is 24.3 Å². The lowest BCUT2D eigenvalue weighted by molar-refractivity contribution is 0.305. The van der Waals surface area contributed by atoms with Crippen LogP contribution in [0, 0.1) is 5.82 Å². The van der Waals surface area contributed by atoms with Crippen LogP contribution >= 0.6 is 0 Å². The normalized spacial score (nSPS) is 10.0. The highest BCUT2D eigenvalue weighted by Gasteiger charge is 2.05. The molecule has 0 unspecified atom stereocenters. The maximum absolute atomic E-state index is 13.1. The standard InChI is InChI=1S/C16H18FNO3/c1-19-14-5-3-4-6-15(14)21-10-9-18-13-8-7-12(17)11-16(13)20-2/h3-8,11,18H,9-10H2,1-2H3. The Bertz CT molecular complexity index is 589. The molecule has 0 saturated heterocycles. The number of benzene rings is 2. The van der Waals surface area contributed by atoms with E-state index in [9.17, 15) is 4.39 Å². The second kappa shape index (κ2) is 7.38. The lowest BCUT2D eigenvalue weighted by atomic mass is 10.3. The number of ether oxygens (including phenoxy) is 3. The van der Waals surface area contributed by atoms with Gasteiger partial charge in [-0.3, -0.25) is 0 Å². The van der Waals surface area contributed by atoms with Crippen LogP contribution in [0.25, 0.3) is 0 Å². The van der Waals surface area contributed by atoms with Crippen molar-refractivity contribution in [2.45, 2.75) is 0 Å². The molecule has 0 aromatic heterocycles. The number of anilines is 1. The van der Waals surface area contributed by atoms with Crippen LogP contribution in [0.3, 0.4) is 0 Å². The van der Waals surface area contributed by atoms with Crippen molar-refractivity contribution >= 4 is 5.69 Å². The minimum atomic E-state index is -0.331. The van der Waals surface area contributed by atoms with Crippen LogP contribution < -0.4 is 19.5 Å². The van der Waals surface area contributed by atoms with Crippen molar-refractivity contribution in [3.8, 4) is 17.2 Å². The summed E-state index contributed by atoms with van der Waals surface area (Å²) in [6.45, 7) is 1.00. The van der Waals surface area contributed by atoms with E-state index in [0.717, 1.165) is 5.69 Å². The van der Waals surface area contributed by atoms with E-state index in [-0.39, 0.29) is 5.82 Å². The molecule has 0 radical (unpaired) electrons. The van der Waals surface area contributed by atoms with Gasteiger partial charge in [-0.2, -0.15) is 0 Å². The zero-order chi connectivity index (χ0) is 15.1. The molecular weight excluding hydrogens is 273 g/mol. The maximum Gasteiger partial charge on any atom is 0.161 e. The molecule has 2 aromatic carbocycles. The molecule has 5 heteroatoms. The molecule has 0 aliphatic heterocycles. The second-order valence-corrected chi connectivity index (χ2v) is 4.27. The molecule has 0 aliphatic rings. The summed E-state index contributed by atoms with van der Waals surface area (Å²) >= 11 is 0. The van der Waals surface area contributed by atoms with Gasteiger partial charge in [0.25, 0.3) is 0 Å². The van der Waals surface area contributed by atoms with Gasteiger partial charge in [0.1, 0.15) is 18.2 Å². The van der Waals surface area contributed by atoms with Gasteiger partial charge in [0, 0.05) is 12.6 Å². The van der Waals surface area contributed by atoms with Crippen LogP contribution in [0.5, 0.6) is 17.2 Å². The molecule has 0 saturated carbocycles. The summed E-state index contributed by atoms with van der Waals surface area (Å²) < 4.78 is 29.0. The van der Waals surface area contributed by atoms with E-state index < -0.39 is 0 Å². The molecule has 21 heavy (non-hydrogen) atoms. The second-order valence-electron chi connectivity index (χ2n) is 4.27. The Kier molecular flexibility index (Phi) is 5.26. The zero-order valence-electron chi connectivity index (χ0n) is 12.1. The summed E-state index contributed by atoms with van der Waals surface area (Å²) in [4.78, 5) is 0. The zero-order valence-corrected chi connectivity index (χ0v) is 12.1. The number of hydrogen-bond donors (Lipinski definition) is 1. The molecule has 112 valence electrons. The van der Waals surface area contributed by atoms with Crippen molar-refractivity contribution < 1.29 is 18.6 Å². The molecule has 2 aromatic rings. The topological polar surface area (TPSA) is 39.7 Å². The van der Waals surface area contributed by atoms with Gasteiger partial charge in [0.2, 0.25) is 0 Å². The number of rotatable bonds is 7. The van der Waals surface area contributed by atoms with Gasteiger partial charge in [0.15, 0.2) is 11.5 Å². The molecule has 0 heterocycles. The van der Waals surface area contributed by atoms with E-state index in [0.29, 0.717) is 30.4 Å². The third kappa shape index (κ3) is 4.02. The third-order valence-electron chi connectivity index (χ3n) is 2.91. The molecule has 0 bridgehead atoms. The summed E-state index contributed by atoms with van der Waals surface area (Å²) in [6.07, 6.45) is 0. The number of hydrogen-bond acceptors (Lipinski definition) is 4. The molecule has 0 spiro atoms. The lowest BCUT2D eigenvalue weighted by Gasteiger charge is -2.13. The van der Waals surface area contributed by atoms with Gasteiger partial charge in [-0.1, -0.05) is 12.1 Å². The van der Waals surface area contributed by atoms with E-state index in [4.69, 9.17) is 14.2 Å². The molecule has 0 atom stereocenters. The highest BCUT2D eigenvalue weighted by Crippen LogP contribution is 2.26. The molecule has 0 aliphatic carbocycles. The summed E-state index contributed by atoms with van der Waals surface area (Å²) in [5.74, 6) is 1.51. The van der Waals surface area contributed by atoms with E-state index in [1.807, 2.05) is 24.3 Å². The van der Waals surface area contributed by atoms with E-state index >= 15 is 0 Å². The Morgan fingerprint density at radius 1 is 0.952 bits per heavy atom. The van der Waals surface area contributed by atoms with Crippen LogP contribution in [0.1, 0.15) is 0 Å². The number of nitrogens with one attached hydrogen (secondary N) is 1. The van der Waals surface area contributed by atoms with Crippen LogP contribution in [0.2, 0.25) is 0 Å². The molecule has 4 nitrogen and oxygen atoms in total. The quantitative estimate of drug-likeness (QED) is 0.794. The maximum atomic E-state index is 13.1. The Morgan fingerprint density at radius 2 is 1.67 bits per heavy atom. The fraction of sp³-hybridized carbons (Fsp3) is 0.250. The average Bonchev–Trinajstić information content (AvgIpc) is 2.52. The van der Waals surface area contributed by atoms with Crippen molar-refractivity contribution in [1.82, 2.24) is 0 Å². The average molecular weight is 291 g/mol. The van der Waals surface area contributed by atoms with Crippen molar-refractivity contribution in [3.63, 3.8) is 0 Å². The van der Waals surface area contributed by atoms with Crippen molar-refractivity contribution in [1.29, 1.82) is 0 Å². The van der Waals surface area contributed by atoms with Gasteiger partial charge >= 0.3 is 0 Å². The number of para-hydroxylation sites is 2. The third-order valence-corrected chi connectivity index (χ3v) is 2.91. The summed E-state index contributed by atoms with van der Waals surface area (Å²) in [5.41, 5.74) is 0.725. The van der Waals surface area contributed by atoms with Gasteiger partial charge < -0.3 is 19.5 Å². The first-order valence-corrected chi connectivity index (χ1v) is 6.58. The Morgan fingerprint density at radius 3 is 2.38 bits per heavy atom. The Labute approximate surface area is 123 Å². The fourth-order valence-electron chi connectivity index (χ4n) is 1.90. The van der Waals surface area contributed by atoms with E-state index in [1.54, 1.807) is 13.2 Å². The number of methoxy groups -OCH3 is 2. The smallest absolute Gasteiger partial charge is 0.161 e. The first-order chi connectivity index (χ1) is 10.2. The van der Waals surface area contributed by atoms with E-state index in [1.165, 1.54) is 19.2 Å². The minimum Gasteiger partial charge on any atom is -0.494 e. The fourth-order valence-corrected chi connectivity index (χ4v) is 1.90. The summed E-state index contributed by atoms with van der Waals surface area (Å²) in [5, 5.41) is 3.14. The Balaban J connectivity index is 1.87. The number of halogens is 1. The van der Waals surface area contributed by atoms with Crippen molar-refractivity contribution in [2.75, 3.05) is 32.7 Å². The van der Waals surface area contributed by atoms with Crippen molar-refractivity contribution in [2.24, 2.45) is 0 Å². The summed E-state index contributed by atoms with van der Waals surface area (Å²) in [6, 6.07) is 11.8. The minimum absolute atomic E-state index is 0.331. The highest BCUT2D eigenvalue weighted by molar-refractivity contribution is 5.56. The molecule has 1 N–H and O–H groups in total. The first-order valence-electron chi connectivity index (χ1n) is 6.58. The molecule has 2 rings (SSSR count). The molecule has 0 fully saturated rings. The van der Waals surface area contributed by atoms with E-state index in [2.05, 4.69) is 5.32 Å².